The minimum atomic E-state index is -0.183. The van der Waals surface area contributed by atoms with Crippen molar-refractivity contribution in [3.8, 4) is 0 Å². The molecule has 4 nitrogen and oxygen atoms in total. The van der Waals surface area contributed by atoms with Crippen molar-refractivity contribution in [2.24, 2.45) is 0 Å². The Bertz CT molecular complexity index is 214. The maximum absolute atomic E-state index is 10.5. The van der Waals surface area contributed by atoms with Gasteiger partial charge in [-0.3, -0.25) is 0 Å². The van der Waals surface area contributed by atoms with E-state index >= 15 is 0 Å². The van der Waals surface area contributed by atoms with Gasteiger partial charge in [0, 0.05) is 6.26 Å². The highest BCUT2D eigenvalue weighted by molar-refractivity contribution is 7.97. The van der Waals surface area contributed by atoms with Crippen LogP contribution in [-0.2, 0) is 0 Å². The van der Waals surface area contributed by atoms with E-state index in [1.165, 1.54) is 22.2 Å². The molecule has 0 aliphatic heterocycles. The van der Waals surface area contributed by atoms with Crippen LogP contribution >= 0.6 is 11.9 Å². The Hall–Kier alpha value is -0.710. The smallest absolute Gasteiger partial charge is 0.245 e. The van der Waals surface area contributed by atoms with Crippen LogP contribution in [0.5, 0.6) is 0 Å². The molecule has 0 fully saturated rings. The van der Waals surface area contributed by atoms with Gasteiger partial charge in [-0.1, -0.05) is 0 Å². The fraction of sp³-hybridized carbons (Fsp3) is 0.333. The number of hydrogen-bond acceptors (Lipinski definition) is 3. The van der Waals surface area contributed by atoms with Gasteiger partial charge in [0.15, 0.2) is 0 Å². The van der Waals surface area contributed by atoms with Gasteiger partial charge in [0.2, 0.25) is 0 Å². The van der Waals surface area contributed by atoms with E-state index in [1.54, 1.807) is 6.26 Å². The first-order valence-electron chi connectivity index (χ1n) is 2.01. The third-order valence-corrected chi connectivity index (χ3v) is 1.37. The molecule has 1 aromatic rings. The number of hydrogen-bond donors (Lipinski definition) is 1. The number of H-pyrrole nitrogens is 1. The molecule has 44 valence electrons. The fourth-order valence-corrected chi connectivity index (χ4v) is 0.716. The Morgan fingerprint density at radius 3 is 3.00 bits per heavy atom. The maximum atomic E-state index is 10.5. The van der Waals surface area contributed by atoms with Crippen LogP contribution in [-0.4, -0.2) is 20.4 Å². The van der Waals surface area contributed by atoms with Crippen molar-refractivity contribution < 1.29 is 0 Å². The van der Waals surface area contributed by atoms with Gasteiger partial charge >= 0.3 is 5.69 Å². The minimum Gasteiger partial charge on any atom is -0.245 e. The number of aromatic amines is 1. The molecule has 0 unspecified atom stereocenters. The highest BCUT2D eigenvalue weighted by Gasteiger charge is 1.89. The van der Waals surface area contributed by atoms with Crippen LogP contribution in [0.3, 0.4) is 0 Å². The van der Waals surface area contributed by atoms with E-state index in [2.05, 4.69) is 10.2 Å². The van der Waals surface area contributed by atoms with E-state index < -0.39 is 0 Å². The zero-order chi connectivity index (χ0) is 5.98. The standard InChI is InChI=1S/C3H5N3OS/c1-8-6-2-4-5-3(6)7/h2H,1H3,(H,5,7). The molecule has 8 heavy (non-hydrogen) atoms. The lowest BCUT2D eigenvalue weighted by atomic mass is 11.3. The topological polar surface area (TPSA) is 50.7 Å². The van der Waals surface area contributed by atoms with E-state index in [1.807, 2.05) is 0 Å². The van der Waals surface area contributed by atoms with E-state index in [0.717, 1.165) is 0 Å². The molecule has 1 aromatic heterocycles. The molecule has 0 bridgehead atoms. The number of rotatable bonds is 1. The number of aromatic nitrogens is 3. The monoisotopic (exact) mass is 131 g/mol. The summed E-state index contributed by atoms with van der Waals surface area (Å²) in [4.78, 5) is 10.5. The van der Waals surface area contributed by atoms with Gasteiger partial charge in [-0.25, -0.2) is 13.9 Å². The summed E-state index contributed by atoms with van der Waals surface area (Å²) in [6, 6.07) is 0. The van der Waals surface area contributed by atoms with Crippen molar-refractivity contribution in [2.75, 3.05) is 6.26 Å². The van der Waals surface area contributed by atoms with Gasteiger partial charge in [0.25, 0.3) is 0 Å². The van der Waals surface area contributed by atoms with Gasteiger partial charge in [-0.2, -0.15) is 5.10 Å². The SMILES string of the molecule is CSn1cn[nH]c1=O. The highest BCUT2D eigenvalue weighted by Crippen LogP contribution is 1.88. The van der Waals surface area contributed by atoms with Crippen LogP contribution in [0.4, 0.5) is 0 Å². The van der Waals surface area contributed by atoms with Gasteiger partial charge < -0.3 is 0 Å². The average Bonchev–Trinajstić information content (AvgIpc) is 2.14. The lowest BCUT2D eigenvalue weighted by molar-refractivity contribution is 1.04. The molecule has 1 N–H and O–H groups in total. The average molecular weight is 131 g/mol. The summed E-state index contributed by atoms with van der Waals surface area (Å²) in [5.41, 5.74) is -0.183. The van der Waals surface area contributed by atoms with Gasteiger partial charge in [0.1, 0.15) is 6.33 Å². The molecule has 5 heteroatoms. The Morgan fingerprint density at radius 2 is 2.75 bits per heavy atom. The van der Waals surface area contributed by atoms with Crippen molar-refractivity contribution in [1.29, 1.82) is 0 Å². The second-order valence-electron chi connectivity index (χ2n) is 1.17. The second-order valence-corrected chi connectivity index (χ2v) is 1.93. The highest BCUT2D eigenvalue weighted by atomic mass is 32.2. The normalized spacial score (nSPS) is 9.62. The molecule has 1 heterocycles. The Morgan fingerprint density at radius 1 is 2.00 bits per heavy atom. The van der Waals surface area contributed by atoms with Crippen molar-refractivity contribution >= 4 is 11.9 Å². The summed E-state index contributed by atoms with van der Waals surface area (Å²) >= 11 is 1.31. The zero-order valence-electron chi connectivity index (χ0n) is 4.29. The van der Waals surface area contributed by atoms with Gasteiger partial charge in [0.05, 0.1) is 0 Å². The van der Waals surface area contributed by atoms with Gasteiger partial charge in [-0.15, -0.1) is 0 Å². The third-order valence-electron chi connectivity index (χ3n) is 0.720. The van der Waals surface area contributed by atoms with Crippen molar-refractivity contribution in [2.45, 2.75) is 0 Å². The lowest BCUT2D eigenvalue weighted by Gasteiger charge is -1.83. The first-order chi connectivity index (χ1) is 3.84. The van der Waals surface area contributed by atoms with Crippen LogP contribution in [0.25, 0.3) is 0 Å². The van der Waals surface area contributed by atoms with Crippen LogP contribution < -0.4 is 5.69 Å². The lowest BCUT2D eigenvalue weighted by Crippen LogP contribution is -2.09. The van der Waals surface area contributed by atoms with E-state index in [0.29, 0.717) is 0 Å². The molecule has 0 aromatic carbocycles. The molecule has 0 saturated heterocycles. The molecule has 0 aliphatic carbocycles. The summed E-state index contributed by atoms with van der Waals surface area (Å²) in [5.74, 6) is 0. The van der Waals surface area contributed by atoms with Crippen molar-refractivity contribution in [1.82, 2.24) is 14.2 Å². The Balaban J connectivity index is 3.11. The predicted molar refractivity (Wildman–Crippen MR) is 31.8 cm³/mol. The first-order valence-corrected chi connectivity index (χ1v) is 3.19. The van der Waals surface area contributed by atoms with E-state index in [9.17, 15) is 4.79 Å². The van der Waals surface area contributed by atoms with Crippen LogP contribution in [0.1, 0.15) is 0 Å². The first kappa shape index (κ1) is 5.43. The Labute approximate surface area is 50.0 Å². The number of nitrogens with one attached hydrogen (secondary N) is 1. The molecule has 0 spiro atoms. The third kappa shape index (κ3) is 0.764. The molecule has 0 atom stereocenters. The van der Waals surface area contributed by atoms with E-state index in [4.69, 9.17) is 0 Å². The summed E-state index contributed by atoms with van der Waals surface area (Å²) in [6.07, 6.45) is 3.24. The zero-order valence-corrected chi connectivity index (χ0v) is 5.10. The fourth-order valence-electron chi connectivity index (χ4n) is 0.368. The minimum absolute atomic E-state index is 0.183. The molecule has 0 radical (unpaired) electrons. The summed E-state index contributed by atoms with van der Waals surface area (Å²) in [7, 11) is 0. The van der Waals surface area contributed by atoms with E-state index in [-0.39, 0.29) is 5.69 Å². The molecule has 1 rings (SSSR count). The predicted octanol–water partition coefficient (Wildman–Crippen LogP) is -0.302. The quantitative estimate of drug-likeness (QED) is 0.569. The van der Waals surface area contributed by atoms with Crippen LogP contribution in [0.2, 0.25) is 0 Å². The largest absolute Gasteiger partial charge is 0.353 e. The number of nitrogens with zero attached hydrogens (tertiary/aromatic N) is 2. The van der Waals surface area contributed by atoms with Crippen molar-refractivity contribution in [3.63, 3.8) is 0 Å². The maximum Gasteiger partial charge on any atom is 0.353 e. The summed E-state index contributed by atoms with van der Waals surface area (Å²) < 4.78 is 1.40. The Kier molecular flexibility index (Phi) is 1.38. The molecule has 0 saturated carbocycles. The van der Waals surface area contributed by atoms with Crippen molar-refractivity contribution in [3.05, 3.63) is 16.8 Å². The summed E-state index contributed by atoms with van der Waals surface area (Å²) in [5, 5.41) is 5.75. The molecular weight excluding hydrogens is 126 g/mol. The molecular formula is C3H5N3OS. The molecule has 0 aliphatic rings. The van der Waals surface area contributed by atoms with Crippen LogP contribution in [0, 0.1) is 0 Å². The second kappa shape index (κ2) is 2.04. The molecule has 0 amide bonds. The summed E-state index contributed by atoms with van der Waals surface area (Å²) in [6.45, 7) is 0. The van der Waals surface area contributed by atoms with Crippen LogP contribution in [0.15, 0.2) is 11.1 Å². The van der Waals surface area contributed by atoms with Gasteiger partial charge in [-0.05, 0) is 11.9 Å².